The molecular formula is C20H21N. The van der Waals surface area contributed by atoms with Crippen molar-refractivity contribution in [3.8, 4) is 12.3 Å². The Morgan fingerprint density at radius 2 is 1.76 bits per heavy atom. The molecule has 21 heavy (non-hydrogen) atoms. The molecule has 3 aromatic rings. The van der Waals surface area contributed by atoms with E-state index in [1.54, 1.807) is 0 Å². The van der Waals surface area contributed by atoms with Gasteiger partial charge in [0.1, 0.15) is 0 Å². The molecule has 1 aromatic heterocycles. The molecule has 0 bridgehead atoms. The molecule has 0 aliphatic heterocycles. The molecule has 0 radical (unpaired) electrons. The summed E-state index contributed by atoms with van der Waals surface area (Å²) < 4.78 is 2.45. The van der Waals surface area contributed by atoms with Gasteiger partial charge in [0, 0.05) is 33.9 Å². The molecule has 0 saturated heterocycles. The summed E-state index contributed by atoms with van der Waals surface area (Å²) in [5.74, 6) is 2.74. The highest BCUT2D eigenvalue weighted by Crippen LogP contribution is 2.30. The lowest BCUT2D eigenvalue weighted by Crippen LogP contribution is -1.97. The lowest BCUT2D eigenvalue weighted by atomic mass is 10.1. The van der Waals surface area contributed by atoms with Crippen LogP contribution in [0.15, 0.2) is 42.5 Å². The fourth-order valence-electron chi connectivity index (χ4n) is 3.08. The van der Waals surface area contributed by atoms with Crippen LogP contribution in [0.1, 0.15) is 38.2 Å². The SMILES string of the molecule is C#Cc1ccc2c(c1)c1ccccc1n2CCCCCC. The van der Waals surface area contributed by atoms with Crippen LogP contribution in [-0.2, 0) is 6.54 Å². The number of hydrogen-bond acceptors (Lipinski definition) is 0. The summed E-state index contributed by atoms with van der Waals surface area (Å²) in [4.78, 5) is 0. The first-order valence-corrected chi connectivity index (χ1v) is 7.82. The van der Waals surface area contributed by atoms with Gasteiger partial charge in [-0.05, 0) is 30.7 Å². The van der Waals surface area contributed by atoms with Gasteiger partial charge >= 0.3 is 0 Å². The molecule has 0 spiro atoms. The highest BCUT2D eigenvalue weighted by Gasteiger charge is 2.10. The minimum Gasteiger partial charge on any atom is -0.340 e. The van der Waals surface area contributed by atoms with Crippen molar-refractivity contribution in [1.82, 2.24) is 4.57 Å². The van der Waals surface area contributed by atoms with Crippen LogP contribution in [0.25, 0.3) is 21.8 Å². The first-order chi connectivity index (χ1) is 10.3. The second-order valence-electron chi connectivity index (χ2n) is 5.61. The zero-order chi connectivity index (χ0) is 14.7. The number of aromatic nitrogens is 1. The second-order valence-corrected chi connectivity index (χ2v) is 5.61. The average Bonchev–Trinajstić information content (AvgIpc) is 2.85. The van der Waals surface area contributed by atoms with E-state index >= 15 is 0 Å². The van der Waals surface area contributed by atoms with Gasteiger partial charge in [-0.25, -0.2) is 0 Å². The van der Waals surface area contributed by atoms with Crippen molar-refractivity contribution in [2.75, 3.05) is 0 Å². The fourth-order valence-corrected chi connectivity index (χ4v) is 3.08. The molecule has 2 aromatic carbocycles. The van der Waals surface area contributed by atoms with Crippen molar-refractivity contribution in [1.29, 1.82) is 0 Å². The Kier molecular flexibility index (Phi) is 3.97. The summed E-state index contributed by atoms with van der Waals surface area (Å²) in [7, 11) is 0. The molecule has 0 N–H and O–H groups in total. The van der Waals surface area contributed by atoms with Crippen molar-refractivity contribution >= 4 is 21.8 Å². The van der Waals surface area contributed by atoms with Crippen molar-refractivity contribution in [3.05, 3.63) is 48.0 Å². The van der Waals surface area contributed by atoms with Crippen LogP contribution in [0.5, 0.6) is 0 Å². The Balaban J connectivity index is 2.10. The maximum absolute atomic E-state index is 5.55. The normalized spacial score (nSPS) is 11.0. The van der Waals surface area contributed by atoms with Gasteiger partial charge in [0.25, 0.3) is 0 Å². The van der Waals surface area contributed by atoms with Gasteiger partial charge in [0.2, 0.25) is 0 Å². The van der Waals surface area contributed by atoms with Gasteiger partial charge in [0.15, 0.2) is 0 Å². The number of aryl methyl sites for hydroxylation is 1. The van der Waals surface area contributed by atoms with E-state index in [1.807, 2.05) is 6.07 Å². The third-order valence-electron chi connectivity index (χ3n) is 4.17. The van der Waals surface area contributed by atoms with Crippen LogP contribution in [0.4, 0.5) is 0 Å². The maximum Gasteiger partial charge on any atom is 0.0492 e. The van der Waals surface area contributed by atoms with Crippen LogP contribution in [0.2, 0.25) is 0 Å². The lowest BCUT2D eigenvalue weighted by molar-refractivity contribution is 0.602. The summed E-state index contributed by atoms with van der Waals surface area (Å²) in [6.07, 6.45) is 10.7. The largest absolute Gasteiger partial charge is 0.340 e. The monoisotopic (exact) mass is 275 g/mol. The van der Waals surface area contributed by atoms with Gasteiger partial charge in [-0.1, -0.05) is 50.3 Å². The van der Waals surface area contributed by atoms with Crippen molar-refractivity contribution in [3.63, 3.8) is 0 Å². The summed E-state index contributed by atoms with van der Waals surface area (Å²) in [5.41, 5.74) is 3.57. The Hall–Kier alpha value is -2.20. The third-order valence-corrected chi connectivity index (χ3v) is 4.17. The van der Waals surface area contributed by atoms with E-state index < -0.39 is 0 Å². The van der Waals surface area contributed by atoms with E-state index in [0.29, 0.717) is 0 Å². The Labute approximate surface area is 126 Å². The summed E-state index contributed by atoms with van der Waals surface area (Å²) >= 11 is 0. The Morgan fingerprint density at radius 1 is 0.952 bits per heavy atom. The quantitative estimate of drug-likeness (QED) is 0.436. The van der Waals surface area contributed by atoms with Crippen LogP contribution in [-0.4, -0.2) is 4.57 Å². The molecule has 106 valence electrons. The molecule has 0 aliphatic rings. The topological polar surface area (TPSA) is 4.93 Å². The van der Waals surface area contributed by atoms with E-state index in [9.17, 15) is 0 Å². The Bertz CT molecular complexity index is 802. The highest BCUT2D eigenvalue weighted by molar-refractivity contribution is 6.08. The van der Waals surface area contributed by atoms with E-state index in [4.69, 9.17) is 6.42 Å². The predicted octanol–water partition coefficient (Wildman–Crippen LogP) is 5.36. The number of hydrogen-bond donors (Lipinski definition) is 0. The van der Waals surface area contributed by atoms with E-state index in [-0.39, 0.29) is 0 Å². The number of terminal acetylenes is 1. The molecule has 1 heterocycles. The molecule has 0 fully saturated rings. The maximum atomic E-state index is 5.55. The molecule has 0 amide bonds. The van der Waals surface area contributed by atoms with Crippen LogP contribution >= 0.6 is 0 Å². The first-order valence-electron chi connectivity index (χ1n) is 7.82. The molecule has 0 saturated carbocycles. The van der Waals surface area contributed by atoms with Gasteiger partial charge in [-0.2, -0.15) is 0 Å². The van der Waals surface area contributed by atoms with Gasteiger partial charge in [-0.15, -0.1) is 6.42 Å². The smallest absolute Gasteiger partial charge is 0.0492 e. The number of nitrogens with zero attached hydrogens (tertiary/aromatic N) is 1. The number of para-hydroxylation sites is 1. The molecule has 0 unspecified atom stereocenters. The molecule has 0 aliphatic carbocycles. The van der Waals surface area contributed by atoms with E-state index in [1.165, 1.54) is 47.5 Å². The van der Waals surface area contributed by atoms with E-state index in [2.05, 4.69) is 53.8 Å². The standard InChI is InChI=1S/C20H21N/c1-3-5-6-9-14-21-19-11-8-7-10-17(19)18-15-16(4-2)12-13-20(18)21/h2,7-8,10-13,15H,3,5-6,9,14H2,1H3. The fraction of sp³-hybridized carbons (Fsp3) is 0.300. The lowest BCUT2D eigenvalue weighted by Gasteiger charge is -2.07. The van der Waals surface area contributed by atoms with Crippen molar-refractivity contribution in [2.45, 2.75) is 39.2 Å². The van der Waals surface area contributed by atoms with Gasteiger partial charge < -0.3 is 4.57 Å². The van der Waals surface area contributed by atoms with E-state index in [0.717, 1.165) is 12.1 Å². The zero-order valence-electron chi connectivity index (χ0n) is 12.6. The predicted molar refractivity (Wildman–Crippen MR) is 91.5 cm³/mol. The zero-order valence-corrected chi connectivity index (χ0v) is 12.6. The minimum absolute atomic E-state index is 0.955. The van der Waals surface area contributed by atoms with Crippen LogP contribution in [0, 0.1) is 12.3 Å². The summed E-state index contributed by atoms with van der Waals surface area (Å²) in [6, 6.07) is 15.0. The molecule has 1 nitrogen and oxygen atoms in total. The third kappa shape index (κ3) is 2.54. The van der Waals surface area contributed by atoms with Crippen molar-refractivity contribution in [2.24, 2.45) is 0 Å². The summed E-state index contributed by atoms with van der Waals surface area (Å²) in [6.45, 7) is 3.33. The molecule has 0 atom stereocenters. The first kappa shape index (κ1) is 13.8. The number of benzene rings is 2. The molecule has 1 heteroatoms. The van der Waals surface area contributed by atoms with Gasteiger partial charge in [0.05, 0.1) is 0 Å². The number of fused-ring (bicyclic) bond motifs is 3. The number of unbranched alkanes of at least 4 members (excludes halogenated alkanes) is 3. The van der Waals surface area contributed by atoms with Crippen LogP contribution < -0.4 is 0 Å². The molecule has 3 rings (SSSR count). The number of rotatable bonds is 5. The molecular weight excluding hydrogens is 254 g/mol. The van der Waals surface area contributed by atoms with Crippen molar-refractivity contribution < 1.29 is 0 Å². The van der Waals surface area contributed by atoms with Gasteiger partial charge in [-0.3, -0.25) is 0 Å². The second kappa shape index (κ2) is 6.06. The Morgan fingerprint density at radius 3 is 2.57 bits per heavy atom. The minimum atomic E-state index is 0.955. The van der Waals surface area contributed by atoms with Crippen LogP contribution in [0.3, 0.4) is 0 Å². The highest BCUT2D eigenvalue weighted by atomic mass is 15.0. The summed E-state index contributed by atoms with van der Waals surface area (Å²) in [5, 5.41) is 2.58. The average molecular weight is 275 g/mol.